The fourth-order valence-corrected chi connectivity index (χ4v) is 1.69. The summed E-state index contributed by atoms with van der Waals surface area (Å²) in [5.74, 6) is -0.931. The zero-order valence-electron chi connectivity index (χ0n) is 9.75. The van der Waals surface area contributed by atoms with Crippen molar-refractivity contribution in [3.8, 4) is 0 Å². The quantitative estimate of drug-likeness (QED) is 0.875. The SMILES string of the molecule is COC(C)Cn1cnc2ccc(C(=O)O)cc21. The Labute approximate surface area is 98.6 Å². The van der Waals surface area contributed by atoms with Gasteiger partial charge in [0.1, 0.15) is 0 Å². The lowest BCUT2D eigenvalue weighted by Crippen LogP contribution is -2.13. The van der Waals surface area contributed by atoms with Crippen LogP contribution in [-0.4, -0.2) is 33.8 Å². The van der Waals surface area contributed by atoms with Gasteiger partial charge in [-0.1, -0.05) is 0 Å². The third-order valence-electron chi connectivity index (χ3n) is 2.72. The molecule has 1 aromatic carbocycles. The molecule has 0 aliphatic rings. The van der Waals surface area contributed by atoms with E-state index in [1.165, 1.54) is 0 Å². The molecule has 17 heavy (non-hydrogen) atoms. The minimum atomic E-state index is -0.931. The molecule has 2 rings (SSSR count). The van der Waals surface area contributed by atoms with Crippen molar-refractivity contribution < 1.29 is 14.6 Å². The molecule has 0 spiro atoms. The predicted molar refractivity (Wildman–Crippen MR) is 63.2 cm³/mol. The van der Waals surface area contributed by atoms with Crippen LogP contribution in [0.3, 0.4) is 0 Å². The Bertz CT molecular complexity index is 548. The highest BCUT2D eigenvalue weighted by molar-refractivity contribution is 5.92. The highest BCUT2D eigenvalue weighted by atomic mass is 16.5. The maximum Gasteiger partial charge on any atom is 0.335 e. The van der Waals surface area contributed by atoms with E-state index in [4.69, 9.17) is 9.84 Å². The molecule has 5 heteroatoms. The van der Waals surface area contributed by atoms with E-state index < -0.39 is 5.97 Å². The molecule has 1 atom stereocenters. The van der Waals surface area contributed by atoms with E-state index in [0.29, 0.717) is 6.54 Å². The first kappa shape index (κ1) is 11.6. The molecule has 1 aromatic heterocycles. The van der Waals surface area contributed by atoms with Gasteiger partial charge in [0.2, 0.25) is 0 Å². The maximum absolute atomic E-state index is 10.9. The van der Waals surface area contributed by atoms with Crippen LogP contribution < -0.4 is 0 Å². The van der Waals surface area contributed by atoms with Gasteiger partial charge >= 0.3 is 5.97 Å². The molecule has 1 N–H and O–H groups in total. The molecule has 0 fully saturated rings. The molecule has 0 radical (unpaired) electrons. The van der Waals surface area contributed by atoms with E-state index in [0.717, 1.165) is 11.0 Å². The molecule has 0 aliphatic heterocycles. The Morgan fingerprint density at radius 2 is 2.35 bits per heavy atom. The number of benzene rings is 1. The third kappa shape index (κ3) is 2.29. The molecule has 0 amide bonds. The fraction of sp³-hybridized carbons (Fsp3) is 0.333. The van der Waals surface area contributed by atoms with Crippen molar-refractivity contribution in [3.63, 3.8) is 0 Å². The van der Waals surface area contributed by atoms with E-state index in [1.54, 1.807) is 31.6 Å². The van der Waals surface area contributed by atoms with Gasteiger partial charge in [0.25, 0.3) is 0 Å². The summed E-state index contributed by atoms with van der Waals surface area (Å²) in [5, 5.41) is 8.95. The summed E-state index contributed by atoms with van der Waals surface area (Å²) in [6, 6.07) is 4.90. The van der Waals surface area contributed by atoms with E-state index >= 15 is 0 Å². The van der Waals surface area contributed by atoms with E-state index in [2.05, 4.69) is 4.98 Å². The zero-order chi connectivity index (χ0) is 12.4. The lowest BCUT2D eigenvalue weighted by Gasteiger charge is -2.10. The number of carbonyl (C=O) groups is 1. The first-order chi connectivity index (χ1) is 8.11. The number of aromatic carboxylic acids is 1. The number of carboxylic acid groups (broad SMARTS) is 1. The highest BCUT2D eigenvalue weighted by Crippen LogP contribution is 2.16. The van der Waals surface area contributed by atoms with Crippen LogP contribution >= 0.6 is 0 Å². The van der Waals surface area contributed by atoms with Gasteiger partial charge in [-0.3, -0.25) is 0 Å². The second kappa shape index (κ2) is 4.55. The van der Waals surface area contributed by atoms with Crippen molar-refractivity contribution in [2.75, 3.05) is 7.11 Å². The number of aromatic nitrogens is 2. The van der Waals surface area contributed by atoms with Crippen molar-refractivity contribution in [2.24, 2.45) is 0 Å². The predicted octanol–water partition coefficient (Wildman–Crippen LogP) is 1.77. The molecule has 0 bridgehead atoms. The molecule has 1 unspecified atom stereocenters. The minimum absolute atomic E-state index is 0.0564. The summed E-state index contributed by atoms with van der Waals surface area (Å²) in [7, 11) is 1.65. The van der Waals surface area contributed by atoms with Gasteiger partial charge in [-0.25, -0.2) is 9.78 Å². The molecular formula is C12H14N2O3. The molecule has 90 valence electrons. The number of nitrogens with zero attached hydrogens (tertiary/aromatic N) is 2. The second-order valence-electron chi connectivity index (χ2n) is 3.95. The van der Waals surface area contributed by atoms with Crippen molar-refractivity contribution in [3.05, 3.63) is 30.1 Å². The van der Waals surface area contributed by atoms with Crippen molar-refractivity contribution in [1.29, 1.82) is 0 Å². The fourth-order valence-electron chi connectivity index (χ4n) is 1.69. The van der Waals surface area contributed by atoms with Crippen LogP contribution in [0.15, 0.2) is 24.5 Å². The normalized spacial score (nSPS) is 12.8. The van der Waals surface area contributed by atoms with Gasteiger partial charge in [0, 0.05) is 7.11 Å². The lowest BCUT2D eigenvalue weighted by atomic mass is 10.2. The van der Waals surface area contributed by atoms with Crippen LogP contribution in [-0.2, 0) is 11.3 Å². The number of hydrogen-bond donors (Lipinski definition) is 1. The summed E-state index contributed by atoms with van der Waals surface area (Å²) in [5.41, 5.74) is 1.87. The highest BCUT2D eigenvalue weighted by Gasteiger charge is 2.09. The van der Waals surface area contributed by atoms with E-state index in [-0.39, 0.29) is 11.7 Å². The maximum atomic E-state index is 10.9. The summed E-state index contributed by atoms with van der Waals surface area (Å²) in [4.78, 5) is 15.1. The monoisotopic (exact) mass is 234 g/mol. The number of ether oxygens (including phenoxy) is 1. The Balaban J connectivity index is 2.43. The van der Waals surface area contributed by atoms with Gasteiger partial charge in [-0.05, 0) is 25.1 Å². The lowest BCUT2D eigenvalue weighted by molar-refractivity contribution is 0.0697. The number of fused-ring (bicyclic) bond motifs is 1. The van der Waals surface area contributed by atoms with Gasteiger partial charge in [-0.2, -0.15) is 0 Å². The Morgan fingerprint density at radius 1 is 1.59 bits per heavy atom. The first-order valence-corrected chi connectivity index (χ1v) is 5.33. The van der Waals surface area contributed by atoms with E-state index in [1.807, 2.05) is 11.5 Å². The summed E-state index contributed by atoms with van der Waals surface area (Å²) in [6.45, 7) is 2.60. The molecule has 5 nitrogen and oxygen atoms in total. The van der Waals surface area contributed by atoms with Crippen LogP contribution in [0, 0.1) is 0 Å². The van der Waals surface area contributed by atoms with Crippen LogP contribution in [0.1, 0.15) is 17.3 Å². The van der Waals surface area contributed by atoms with Gasteiger partial charge < -0.3 is 14.4 Å². The van der Waals surface area contributed by atoms with Crippen molar-refractivity contribution >= 4 is 17.0 Å². The third-order valence-corrected chi connectivity index (χ3v) is 2.72. The minimum Gasteiger partial charge on any atom is -0.478 e. The number of rotatable bonds is 4. The zero-order valence-corrected chi connectivity index (χ0v) is 9.75. The van der Waals surface area contributed by atoms with Crippen LogP contribution in [0.4, 0.5) is 0 Å². The smallest absolute Gasteiger partial charge is 0.335 e. The topological polar surface area (TPSA) is 64.4 Å². The Morgan fingerprint density at radius 3 is 3.00 bits per heavy atom. The first-order valence-electron chi connectivity index (χ1n) is 5.33. The summed E-state index contributed by atoms with van der Waals surface area (Å²) < 4.78 is 7.08. The van der Waals surface area contributed by atoms with Crippen LogP contribution in [0.2, 0.25) is 0 Å². The standard InChI is InChI=1S/C12H14N2O3/c1-8(17-2)6-14-7-13-10-4-3-9(12(15)16)5-11(10)14/h3-5,7-8H,6H2,1-2H3,(H,15,16). The molecule has 0 saturated heterocycles. The Kier molecular flexibility index (Phi) is 3.10. The largest absolute Gasteiger partial charge is 0.478 e. The van der Waals surface area contributed by atoms with Crippen LogP contribution in [0.5, 0.6) is 0 Å². The summed E-state index contributed by atoms with van der Waals surface area (Å²) >= 11 is 0. The number of methoxy groups -OCH3 is 1. The van der Waals surface area contributed by atoms with Gasteiger partial charge in [-0.15, -0.1) is 0 Å². The van der Waals surface area contributed by atoms with E-state index in [9.17, 15) is 4.79 Å². The van der Waals surface area contributed by atoms with Gasteiger partial charge in [0.05, 0.1) is 35.6 Å². The Hall–Kier alpha value is -1.88. The number of hydrogen-bond acceptors (Lipinski definition) is 3. The number of imidazole rings is 1. The van der Waals surface area contributed by atoms with Crippen LogP contribution in [0.25, 0.3) is 11.0 Å². The number of carboxylic acids is 1. The molecule has 0 aliphatic carbocycles. The average molecular weight is 234 g/mol. The van der Waals surface area contributed by atoms with Gasteiger partial charge in [0.15, 0.2) is 0 Å². The van der Waals surface area contributed by atoms with Crippen molar-refractivity contribution in [2.45, 2.75) is 19.6 Å². The average Bonchev–Trinajstić information content (AvgIpc) is 2.71. The van der Waals surface area contributed by atoms with Crippen molar-refractivity contribution in [1.82, 2.24) is 9.55 Å². The molecule has 1 heterocycles. The summed E-state index contributed by atoms with van der Waals surface area (Å²) in [6.07, 6.45) is 1.76. The second-order valence-corrected chi connectivity index (χ2v) is 3.95. The molecule has 0 saturated carbocycles. The molecular weight excluding hydrogens is 220 g/mol. The molecule has 2 aromatic rings.